The van der Waals surface area contributed by atoms with Crippen molar-refractivity contribution in [2.24, 2.45) is 0 Å². The van der Waals surface area contributed by atoms with Crippen molar-refractivity contribution in [3.8, 4) is 22.3 Å². The van der Waals surface area contributed by atoms with Crippen LogP contribution in [0.3, 0.4) is 0 Å². The van der Waals surface area contributed by atoms with Crippen molar-refractivity contribution < 1.29 is 0 Å². The van der Waals surface area contributed by atoms with Crippen molar-refractivity contribution in [2.75, 3.05) is 38.5 Å². The van der Waals surface area contributed by atoms with Crippen molar-refractivity contribution in [2.45, 2.75) is 12.2 Å². The Morgan fingerprint density at radius 1 is 0.542 bits per heavy atom. The molecule has 7 aliphatic heterocycles. The molecule has 0 saturated heterocycles. The zero-order chi connectivity index (χ0) is 31.4. The second kappa shape index (κ2) is 7.56. The number of benzene rings is 5. The fraction of sp³-hybridized carbons (Fsp3) is 0.128. The molecule has 0 bridgehead atoms. The third-order valence-electron chi connectivity index (χ3n) is 12.9. The Kier molecular flexibility index (Phi) is 3.97. The molecule has 0 amide bonds. The van der Waals surface area contributed by atoms with Crippen LogP contribution in [-0.2, 0) is 0 Å². The first kappa shape index (κ1) is 25.2. The topological polar surface area (TPSA) is 42.0 Å². The van der Waals surface area contributed by atoms with Gasteiger partial charge in [-0.3, -0.25) is 0 Å². The molecular weight excluding hydrogens is 786 g/mol. The molecule has 0 aliphatic carbocycles. The van der Waals surface area contributed by atoms with Crippen LogP contribution in [0.5, 0.6) is 0 Å². The number of hydrogen-bond donors (Lipinski definition) is 0. The molecule has 1 aromatic heterocycles. The Morgan fingerprint density at radius 2 is 1.08 bits per heavy atom. The maximum atomic E-state index is 5.09. The summed E-state index contributed by atoms with van der Waals surface area (Å²) < 4.78 is 6.34. The quantitative estimate of drug-likeness (QED) is 0.210. The molecule has 7 aliphatic rings. The molecule has 0 saturated carbocycles. The molecule has 0 fully saturated rings. The van der Waals surface area contributed by atoms with Crippen LogP contribution in [0.2, 0.25) is 4.58 Å². The number of para-hydroxylation sites is 2. The number of rotatable bonds is 0. The predicted molar refractivity (Wildman–Crippen MR) is 200 cm³/mol. The van der Waals surface area contributed by atoms with E-state index in [2.05, 4.69) is 140 Å². The first-order valence-corrected chi connectivity index (χ1v) is 27.8. The summed E-state index contributed by atoms with van der Waals surface area (Å²) in [4.78, 5) is 23.4. The van der Waals surface area contributed by atoms with Crippen molar-refractivity contribution in [3.63, 3.8) is 0 Å². The molecule has 1 spiro atoms. The van der Waals surface area contributed by atoms with Gasteiger partial charge in [0.1, 0.15) is 0 Å². The van der Waals surface area contributed by atoms with Crippen LogP contribution in [0.1, 0.15) is 0 Å². The number of anilines is 8. The van der Waals surface area contributed by atoms with Gasteiger partial charge in [-0.05, 0) is 0 Å². The predicted octanol–water partition coefficient (Wildman–Crippen LogP) is 4.51. The summed E-state index contributed by atoms with van der Waals surface area (Å²) in [7, 11) is 4.64. The molecule has 13 rings (SSSR count). The molecule has 0 N–H and O–H groups in total. The molecule has 7 nitrogen and oxygen atoms in total. The molecule has 2 unspecified atom stereocenters. The summed E-state index contributed by atoms with van der Waals surface area (Å²) in [5.41, 5.74) is 16.4. The number of nitrogens with zero attached hydrogens (tertiary/aromatic N) is 7. The van der Waals surface area contributed by atoms with E-state index in [-0.39, 0.29) is 14.5 Å². The Morgan fingerprint density at radius 3 is 1.75 bits per heavy atom. The standard InChI is InChI=1S/C38H26BN7.CH3.Po.H/c1-42-23-44(34-14-8-7-13-33(34)42)25-15-17-29-27-9-3-5-11-31(27)39-32-12-6-4-10-28(32)30-18-16-26(22-36(30)46(39)35(29)21-25)45-24-43(2)37-38(45)41-20-19-40-37;;;/h3-20,23-24H,1-2H3;1H3;;. The second-order valence-corrected chi connectivity index (χ2v) is 35.3. The molecule has 9 heteroatoms. The molecule has 6 aromatic rings. The summed E-state index contributed by atoms with van der Waals surface area (Å²) in [5.74, 6) is 1.97. The summed E-state index contributed by atoms with van der Waals surface area (Å²) >= 11 is -4.87. The van der Waals surface area contributed by atoms with E-state index in [1.54, 1.807) is 6.44 Å². The second-order valence-electron chi connectivity index (χ2n) is 14.7. The van der Waals surface area contributed by atoms with Crippen LogP contribution >= 0.6 is 0 Å². The van der Waals surface area contributed by atoms with E-state index in [4.69, 9.17) is 9.97 Å². The van der Waals surface area contributed by atoms with E-state index in [1.807, 2.05) is 12.4 Å². The van der Waals surface area contributed by atoms with E-state index >= 15 is 0 Å². The van der Waals surface area contributed by atoms with Crippen molar-refractivity contribution >= 4 is 89.0 Å². The molecule has 8 heterocycles. The van der Waals surface area contributed by atoms with Crippen LogP contribution in [0, 0.1) is 0 Å². The van der Waals surface area contributed by atoms with Gasteiger partial charge >= 0.3 is 281 Å². The monoisotopic (exact) mass is 816 g/mol. The van der Waals surface area contributed by atoms with Gasteiger partial charge in [-0.25, -0.2) is 0 Å². The summed E-state index contributed by atoms with van der Waals surface area (Å²) in [6.07, 6.45) is 3.73. The first-order chi connectivity index (χ1) is 23.5. The van der Waals surface area contributed by atoms with Gasteiger partial charge in [0.25, 0.3) is 0 Å². The fourth-order valence-electron chi connectivity index (χ4n) is 11.6. The van der Waals surface area contributed by atoms with Gasteiger partial charge < -0.3 is 0 Å². The van der Waals surface area contributed by atoms with Crippen LogP contribution in [0.4, 0.5) is 45.8 Å². The van der Waals surface area contributed by atoms with Gasteiger partial charge in [-0.15, -0.1) is 0 Å². The molecule has 48 heavy (non-hydrogen) atoms. The van der Waals surface area contributed by atoms with Crippen molar-refractivity contribution in [3.05, 3.63) is 109 Å². The van der Waals surface area contributed by atoms with Crippen molar-refractivity contribution in [1.82, 2.24) is 9.97 Å². The van der Waals surface area contributed by atoms with Crippen LogP contribution in [-0.4, -0.2) is 57.6 Å². The van der Waals surface area contributed by atoms with Gasteiger partial charge in [-0.2, -0.15) is 0 Å². The maximum absolute atomic E-state index is 5.09. The van der Waals surface area contributed by atoms with E-state index in [0.717, 1.165) is 11.6 Å². The van der Waals surface area contributed by atoms with E-state index < -0.39 is 19.1 Å². The Bertz CT molecular complexity index is 2400. The fourth-order valence-corrected chi connectivity index (χ4v) is 43.6. The minimum absolute atomic E-state index is 0.102. The van der Waals surface area contributed by atoms with Gasteiger partial charge in [-0.1, -0.05) is 0 Å². The van der Waals surface area contributed by atoms with Gasteiger partial charge in [0, 0.05) is 0 Å². The van der Waals surface area contributed by atoms with Gasteiger partial charge in [0.15, 0.2) is 0 Å². The van der Waals surface area contributed by atoms with Gasteiger partial charge in [0.05, 0.1) is 0 Å². The number of hydrogen-bond acceptors (Lipinski definition) is 7. The summed E-state index contributed by atoms with van der Waals surface area (Å²) in [6.45, 7) is 0.102. The minimum atomic E-state index is -4.87. The number of fused-ring (bicyclic) bond motifs is 14. The van der Waals surface area contributed by atoms with E-state index in [0.29, 0.717) is 0 Å². The van der Waals surface area contributed by atoms with E-state index in [1.165, 1.54) is 67.3 Å². The first-order valence-electron chi connectivity index (χ1n) is 16.8. The van der Waals surface area contributed by atoms with Crippen LogP contribution in [0.25, 0.3) is 22.3 Å². The zero-order valence-corrected chi connectivity index (χ0v) is 30.2. The Hall–Kier alpha value is -4.86. The molecule has 230 valence electrons. The van der Waals surface area contributed by atoms with E-state index in [9.17, 15) is 0 Å². The molecule has 0 radical (unpaired) electrons. The van der Waals surface area contributed by atoms with Crippen molar-refractivity contribution in [1.29, 1.82) is 0 Å². The Labute approximate surface area is 279 Å². The zero-order valence-electron chi connectivity index (χ0n) is 26.7. The summed E-state index contributed by atoms with van der Waals surface area (Å²) in [6, 6.07) is 37.2. The molecule has 2 atom stereocenters. The SMILES string of the molecule is CN1c2ccccc2N2c3ccc4c5[c]3[PoH]3([CH3])([c]6c(ccc7c6N5B(c5ccccc5-4)c4ccccc4-7)N4c5nccnc5N(C)[CH]43)[CH]12. The van der Waals surface area contributed by atoms with Crippen LogP contribution < -0.4 is 41.8 Å². The molecular formula is C39H30BN7Po. The average molecular weight is 817 g/mol. The normalized spacial score (nSPS) is 22.7. The number of aromatic nitrogens is 2. The average Bonchev–Trinajstić information content (AvgIpc) is 3.78. The Balaban J connectivity index is 1.30. The molecule has 5 aromatic carbocycles. The van der Waals surface area contributed by atoms with Crippen LogP contribution in [0.15, 0.2) is 109 Å². The summed E-state index contributed by atoms with van der Waals surface area (Å²) in [5, 5.41) is 0. The third-order valence-corrected chi connectivity index (χ3v) is 39.3. The third kappa shape index (κ3) is 2.21. The van der Waals surface area contributed by atoms with Gasteiger partial charge in [0.2, 0.25) is 0 Å².